The molecule has 2 rings (SSSR count). The van der Waals surface area contributed by atoms with Crippen LogP contribution in [0.3, 0.4) is 0 Å². The highest BCUT2D eigenvalue weighted by atomic mass is 32.2. The van der Waals surface area contributed by atoms with Crippen molar-refractivity contribution >= 4 is 11.8 Å². The number of hydrogen-bond donors (Lipinski definition) is 0. The van der Waals surface area contributed by atoms with Crippen LogP contribution < -0.4 is 0 Å². The molecule has 2 heterocycles. The van der Waals surface area contributed by atoms with Gasteiger partial charge in [0.05, 0.1) is 13.2 Å². The van der Waals surface area contributed by atoms with E-state index in [4.69, 9.17) is 4.74 Å². The molecule has 0 radical (unpaired) electrons. The van der Waals surface area contributed by atoms with Gasteiger partial charge >= 0.3 is 0 Å². The van der Waals surface area contributed by atoms with Crippen LogP contribution in [-0.2, 0) is 4.74 Å². The summed E-state index contributed by atoms with van der Waals surface area (Å²) in [5.41, 5.74) is 0.534. The Hall–Kier alpha value is 0.310. The van der Waals surface area contributed by atoms with Gasteiger partial charge in [-0.25, -0.2) is 0 Å². The first-order chi connectivity index (χ1) is 5.64. The molecule has 0 aliphatic carbocycles. The van der Waals surface area contributed by atoms with E-state index in [-0.39, 0.29) is 0 Å². The third-order valence-corrected chi connectivity index (χ3v) is 5.48. The van der Waals surface area contributed by atoms with Crippen LogP contribution in [0.4, 0.5) is 0 Å². The van der Waals surface area contributed by atoms with Crippen LogP contribution in [0, 0.1) is 17.3 Å². The second kappa shape index (κ2) is 2.91. The Labute approximate surface area is 79.2 Å². The van der Waals surface area contributed by atoms with Crippen LogP contribution >= 0.6 is 11.8 Å². The van der Waals surface area contributed by atoms with E-state index in [2.05, 4.69) is 32.5 Å². The molecule has 3 unspecified atom stereocenters. The highest BCUT2D eigenvalue weighted by molar-refractivity contribution is 8.00. The molecule has 0 bridgehead atoms. The number of rotatable bonds is 1. The monoisotopic (exact) mass is 186 g/mol. The normalized spacial score (nSPS) is 47.0. The van der Waals surface area contributed by atoms with E-state index >= 15 is 0 Å². The summed E-state index contributed by atoms with van der Waals surface area (Å²) in [7, 11) is 0. The molecular weight excluding hydrogens is 168 g/mol. The topological polar surface area (TPSA) is 9.23 Å². The largest absolute Gasteiger partial charge is 0.380 e. The lowest BCUT2D eigenvalue weighted by Crippen LogP contribution is -2.33. The summed E-state index contributed by atoms with van der Waals surface area (Å²) in [5.74, 6) is 2.95. The van der Waals surface area contributed by atoms with Crippen molar-refractivity contribution in [1.82, 2.24) is 0 Å². The highest BCUT2D eigenvalue weighted by Gasteiger charge is 2.50. The van der Waals surface area contributed by atoms with Crippen molar-refractivity contribution in [3.8, 4) is 0 Å². The summed E-state index contributed by atoms with van der Waals surface area (Å²) in [4.78, 5) is 0. The van der Waals surface area contributed by atoms with Gasteiger partial charge in [0.1, 0.15) is 0 Å². The lowest BCUT2D eigenvalue weighted by atomic mass is 9.70. The van der Waals surface area contributed by atoms with E-state index in [1.165, 1.54) is 5.75 Å². The lowest BCUT2D eigenvalue weighted by molar-refractivity contribution is 0.116. The first-order valence-electron chi connectivity index (χ1n) is 4.84. The van der Waals surface area contributed by atoms with Crippen LogP contribution in [0.2, 0.25) is 0 Å². The minimum Gasteiger partial charge on any atom is -0.380 e. The van der Waals surface area contributed by atoms with Crippen LogP contribution in [-0.4, -0.2) is 24.2 Å². The summed E-state index contributed by atoms with van der Waals surface area (Å²) >= 11 is 2.12. The zero-order chi connectivity index (χ0) is 8.77. The van der Waals surface area contributed by atoms with E-state index in [9.17, 15) is 0 Å². The predicted molar refractivity (Wildman–Crippen MR) is 53.5 cm³/mol. The maximum Gasteiger partial charge on any atom is 0.0588 e. The fraction of sp³-hybridized carbons (Fsp3) is 1.00. The molecular formula is C10H18OS. The molecule has 0 N–H and O–H groups in total. The quantitative estimate of drug-likeness (QED) is 0.622. The van der Waals surface area contributed by atoms with E-state index in [1.54, 1.807) is 0 Å². The number of hydrogen-bond acceptors (Lipinski definition) is 2. The Morgan fingerprint density at radius 2 is 2.17 bits per heavy atom. The molecule has 2 heteroatoms. The number of thioether (sulfide) groups is 1. The molecule has 0 spiro atoms. The van der Waals surface area contributed by atoms with Gasteiger partial charge in [-0.05, 0) is 17.1 Å². The molecule has 70 valence electrons. The molecule has 12 heavy (non-hydrogen) atoms. The maximum atomic E-state index is 5.54. The molecule has 2 aliphatic rings. The molecule has 0 amide bonds. The summed E-state index contributed by atoms with van der Waals surface area (Å²) in [6, 6.07) is 0. The summed E-state index contributed by atoms with van der Waals surface area (Å²) in [6.07, 6.45) is 0. The van der Waals surface area contributed by atoms with Gasteiger partial charge in [0, 0.05) is 11.2 Å². The Bertz CT molecular complexity index is 181. The number of fused-ring (bicyclic) bond motifs is 1. The standard InChI is InChI=1S/C10H18OS/c1-7(2)10(3)6-12-9-5-11-4-8(9)10/h7-9H,4-6H2,1-3H3. The number of ether oxygens (including phenoxy) is 1. The predicted octanol–water partition coefficient (Wildman–Crippen LogP) is 2.41. The second-order valence-electron chi connectivity index (χ2n) is 4.65. The van der Waals surface area contributed by atoms with Crippen LogP contribution in [0.1, 0.15) is 20.8 Å². The van der Waals surface area contributed by atoms with Crippen molar-refractivity contribution < 1.29 is 4.74 Å². The van der Waals surface area contributed by atoms with Crippen molar-refractivity contribution in [2.24, 2.45) is 17.3 Å². The average Bonchev–Trinajstić information content (AvgIpc) is 2.54. The zero-order valence-corrected chi connectivity index (χ0v) is 8.99. The Morgan fingerprint density at radius 3 is 2.83 bits per heavy atom. The first-order valence-corrected chi connectivity index (χ1v) is 5.89. The van der Waals surface area contributed by atoms with Gasteiger partial charge in [-0.2, -0.15) is 11.8 Å². The van der Waals surface area contributed by atoms with E-state index in [0.29, 0.717) is 5.41 Å². The minimum absolute atomic E-state index is 0.534. The molecule has 2 aliphatic heterocycles. The third kappa shape index (κ3) is 1.12. The maximum absolute atomic E-state index is 5.54. The van der Waals surface area contributed by atoms with Crippen LogP contribution in [0.15, 0.2) is 0 Å². The zero-order valence-electron chi connectivity index (χ0n) is 8.17. The van der Waals surface area contributed by atoms with E-state index in [0.717, 1.165) is 30.3 Å². The van der Waals surface area contributed by atoms with Crippen molar-refractivity contribution in [2.75, 3.05) is 19.0 Å². The van der Waals surface area contributed by atoms with Crippen LogP contribution in [0.5, 0.6) is 0 Å². The summed E-state index contributed by atoms with van der Waals surface area (Å²) < 4.78 is 5.54. The molecule has 2 fully saturated rings. The van der Waals surface area contributed by atoms with Gasteiger partial charge in [-0.15, -0.1) is 0 Å². The second-order valence-corrected chi connectivity index (χ2v) is 5.88. The van der Waals surface area contributed by atoms with E-state index < -0.39 is 0 Å². The summed E-state index contributed by atoms with van der Waals surface area (Å²) in [5, 5.41) is 0.803. The fourth-order valence-electron chi connectivity index (χ4n) is 2.30. The Morgan fingerprint density at radius 1 is 1.42 bits per heavy atom. The van der Waals surface area contributed by atoms with Gasteiger partial charge in [-0.1, -0.05) is 20.8 Å². The molecule has 1 nitrogen and oxygen atoms in total. The summed E-state index contributed by atoms with van der Waals surface area (Å²) in [6.45, 7) is 9.14. The van der Waals surface area contributed by atoms with Gasteiger partial charge in [0.2, 0.25) is 0 Å². The van der Waals surface area contributed by atoms with Crippen molar-refractivity contribution in [3.05, 3.63) is 0 Å². The van der Waals surface area contributed by atoms with Crippen molar-refractivity contribution in [3.63, 3.8) is 0 Å². The lowest BCUT2D eigenvalue weighted by Gasteiger charge is -2.33. The van der Waals surface area contributed by atoms with Crippen LogP contribution in [0.25, 0.3) is 0 Å². The molecule has 2 saturated heterocycles. The van der Waals surface area contributed by atoms with Gasteiger partial charge < -0.3 is 4.74 Å². The SMILES string of the molecule is CC(C)C1(C)CSC2COCC21. The minimum atomic E-state index is 0.534. The fourth-order valence-corrected chi connectivity index (χ4v) is 4.24. The van der Waals surface area contributed by atoms with E-state index in [1.807, 2.05) is 0 Å². The smallest absolute Gasteiger partial charge is 0.0588 e. The van der Waals surface area contributed by atoms with Crippen molar-refractivity contribution in [1.29, 1.82) is 0 Å². The Balaban J connectivity index is 2.17. The van der Waals surface area contributed by atoms with Gasteiger partial charge in [0.25, 0.3) is 0 Å². The molecule has 0 aromatic heterocycles. The molecule has 0 aromatic rings. The molecule has 0 aromatic carbocycles. The highest BCUT2D eigenvalue weighted by Crippen LogP contribution is 2.52. The first kappa shape index (κ1) is 8.89. The Kier molecular flexibility index (Phi) is 2.16. The third-order valence-electron chi connectivity index (χ3n) is 3.80. The van der Waals surface area contributed by atoms with Gasteiger partial charge in [-0.3, -0.25) is 0 Å². The van der Waals surface area contributed by atoms with Gasteiger partial charge in [0.15, 0.2) is 0 Å². The van der Waals surface area contributed by atoms with Crippen molar-refractivity contribution in [2.45, 2.75) is 26.0 Å². The molecule has 0 saturated carbocycles. The molecule has 3 atom stereocenters. The average molecular weight is 186 g/mol.